The van der Waals surface area contributed by atoms with Crippen molar-refractivity contribution in [1.29, 1.82) is 0 Å². The highest BCUT2D eigenvalue weighted by Crippen LogP contribution is 2.35. The van der Waals surface area contributed by atoms with Crippen molar-refractivity contribution in [2.24, 2.45) is 0 Å². The minimum absolute atomic E-state index is 0.0388. The van der Waals surface area contributed by atoms with Crippen LogP contribution in [-0.4, -0.2) is 33.0 Å². The Morgan fingerprint density at radius 1 is 1.15 bits per heavy atom. The molecule has 1 aromatic heterocycles. The number of benzene rings is 1. The lowest BCUT2D eigenvalue weighted by molar-refractivity contribution is 0.0191. The van der Waals surface area contributed by atoms with Crippen LogP contribution in [0.5, 0.6) is 0 Å². The molecule has 1 amide bonds. The molecule has 1 N–H and O–H groups in total. The van der Waals surface area contributed by atoms with Crippen molar-refractivity contribution < 1.29 is 9.90 Å². The standard InChI is InChI=1S/C23H28N2O2/c1-14-8-9-17(12-24-14)10-18-11-19-20(16(3)15(18)2)13-25(23(19)27)21-6-4-5-7-22(21)26/h8-9,11-12,21-22,26H,4-7,10,13H2,1-3H3/t21-,22-/m0/s1. The molecular formula is C23H28N2O2. The number of hydrogen-bond acceptors (Lipinski definition) is 3. The van der Waals surface area contributed by atoms with Crippen LogP contribution in [0.25, 0.3) is 0 Å². The molecule has 0 radical (unpaired) electrons. The minimum Gasteiger partial charge on any atom is -0.391 e. The van der Waals surface area contributed by atoms with E-state index < -0.39 is 6.10 Å². The van der Waals surface area contributed by atoms with Crippen molar-refractivity contribution in [3.05, 3.63) is 63.5 Å². The van der Waals surface area contributed by atoms with Gasteiger partial charge in [0.15, 0.2) is 0 Å². The lowest BCUT2D eigenvalue weighted by Gasteiger charge is -2.35. The molecule has 4 nitrogen and oxygen atoms in total. The van der Waals surface area contributed by atoms with E-state index in [9.17, 15) is 9.90 Å². The Labute approximate surface area is 161 Å². The summed E-state index contributed by atoms with van der Waals surface area (Å²) < 4.78 is 0. The number of hydrogen-bond donors (Lipinski definition) is 1. The van der Waals surface area contributed by atoms with Crippen LogP contribution >= 0.6 is 0 Å². The first-order valence-electron chi connectivity index (χ1n) is 9.98. The zero-order valence-corrected chi connectivity index (χ0v) is 16.5. The lowest BCUT2D eigenvalue weighted by Crippen LogP contribution is -2.45. The van der Waals surface area contributed by atoms with E-state index in [0.29, 0.717) is 6.54 Å². The maximum atomic E-state index is 13.2. The van der Waals surface area contributed by atoms with Gasteiger partial charge in [0.25, 0.3) is 5.91 Å². The monoisotopic (exact) mass is 364 g/mol. The first-order valence-corrected chi connectivity index (χ1v) is 9.98. The number of aromatic nitrogens is 1. The highest BCUT2D eigenvalue weighted by atomic mass is 16.3. The van der Waals surface area contributed by atoms with Crippen molar-refractivity contribution in [2.75, 3.05) is 0 Å². The van der Waals surface area contributed by atoms with Gasteiger partial charge in [0, 0.05) is 24.0 Å². The third-order valence-corrected chi connectivity index (χ3v) is 6.42. The summed E-state index contributed by atoms with van der Waals surface area (Å²) >= 11 is 0. The van der Waals surface area contributed by atoms with Gasteiger partial charge in [-0.05, 0) is 80.0 Å². The summed E-state index contributed by atoms with van der Waals surface area (Å²) in [6.07, 6.45) is 6.16. The maximum Gasteiger partial charge on any atom is 0.254 e. The molecule has 2 aromatic rings. The molecule has 1 aliphatic carbocycles. The first kappa shape index (κ1) is 18.2. The average Bonchev–Trinajstić information content (AvgIpc) is 2.98. The van der Waals surface area contributed by atoms with Crippen LogP contribution in [0.4, 0.5) is 0 Å². The summed E-state index contributed by atoms with van der Waals surface area (Å²) in [4.78, 5) is 19.5. The second-order valence-electron chi connectivity index (χ2n) is 8.15. The third-order valence-electron chi connectivity index (χ3n) is 6.42. The third kappa shape index (κ3) is 3.27. The molecule has 1 aliphatic heterocycles. The van der Waals surface area contributed by atoms with Gasteiger partial charge in [-0.1, -0.05) is 18.9 Å². The van der Waals surface area contributed by atoms with Gasteiger partial charge in [0.2, 0.25) is 0 Å². The molecule has 142 valence electrons. The fourth-order valence-corrected chi connectivity index (χ4v) is 4.56. The number of carbonyl (C=O) groups excluding carboxylic acids is 1. The summed E-state index contributed by atoms with van der Waals surface area (Å²) in [7, 11) is 0. The molecule has 1 saturated carbocycles. The number of aryl methyl sites for hydroxylation is 1. The molecule has 4 heteroatoms. The van der Waals surface area contributed by atoms with Gasteiger partial charge in [-0.2, -0.15) is 0 Å². The molecule has 1 fully saturated rings. The van der Waals surface area contributed by atoms with E-state index in [1.807, 2.05) is 24.1 Å². The number of rotatable bonds is 3. The molecule has 4 rings (SSSR count). The van der Waals surface area contributed by atoms with Crippen LogP contribution in [0.1, 0.15) is 69.6 Å². The SMILES string of the molecule is Cc1ccc(Cc2cc3c(c(C)c2C)CN([C@H]2CCCC[C@@H]2O)C3=O)cn1. The summed E-state index contributed by atoms with van der Waals surface area (Å²) in [6.45, 7) is 6.89. The largest absolute Gasteiger partial charge is 0.391 e. The number of carbonyl (C=O) groups is 1. The summed E-state index contributed by atoms with van der Waals surface area (Å²) in [6, 6.07) is 6.18. The molecule has 27 heavy (non-hydrogen) atoms. The number of aliphatic hydroxyl groups excluding tert-OH is 1. The summed E-state index contributed by atoms with van der Waals surface area (Å²) in [5.74, 6) is 0.0855. The number of aliphatic hydroxyl groups is 1. The van der Waals surface area contributed by atoms with Gasteiger partial charge in [0.05, 0.1) is 12.1 Å². The maximum absolute atomic E-state index is 13.2. The molecule has 0 spiro atoms. The number of nitrogens with zero attached hydrogens (tertiary/aromatic N) is 2. The molecule has 0 bridgehead atoms. The van der Waals surface area contributed by atoms with Crippen molar-refractivity contribution in [3.8, 4) is 0 Å². The fraction of sp³-hybridized carbons (Fsp3) is 0.478. The van der Waals surface area contributed by atoms with Gasteiger partial charge in [-0.3, -0.25) is 9.78 Å². The zero-order chi connectivity index (χ0) is 19.1. The minimum atomic E-state index is -0.392. The quantitative estimate of drug-likeness (QED) is 0.900. The van der Waals surface area contributed by atoms with E-state index in [4.69, 9.17) is 0 Å². The van der Waals surface area contributed by atoms with Crippen LogP contribution in [0.15, 0.2) is 24.4 Å². The normalized spacial score (nSPS) is 22.2. The van der Waals surface area contributed by atoms with E-state index in [0.717, 1.165) is 54.5 Å². The molecule has 0 saturated heterocycles. The van der Waals surface area contributed by atoms with Gasteiger partial charge in [0.1, 0.15) is 0 Å². The fourth-order valence-electron chi connectivity index (χ4n) is 4.56. The van der Waals surface area contributed by atoms with Crippen LogP contribution in [-0.2, 0) is 13.0 Å². The first-order chi connectivity index (χ1) is 13.0. The predicted molar refractivity (Wildman–Crippen MR) is 106 cm³/mol. The topological polar surface area (TPSA) is 53.4 Å². The number of amides is 1. The Morgan fingerprint density at radius 3 is 2.63 bits per heavy atom. The predicted octanol–water partition coefficient (Wildman–Crippen LogP) is 3.86. The Morgan fingerprint density at radius 2 is 1.93 bits per heavy atom. The highest BCUT2D eigenvalue weighted by molar-refractivity contribution is 5.99. The molecule has 2 heterocycles. The van der Waals surface area contributed by atoms with Crippen molar-refractivity contribution in [3.63, 3.8) is 0 Å². The van der Waals surface area contributed by atoms with E-state index in [1.54, 1.807) is 0 Å². The van der Waals surface area contributed by atoms with Crippen LogP contribution in [0.3, 0.4) is 0 Å². The molecule has 1 aromatic carbocycles. The van der Waals surface area contributed by atoms with E-state index in [1.165, 1.54) is 16.7 Å². The Bertz CT molecular complexity index is 873. The van der Waals surface area contributed by atoms with E-state index in [2.05, 4.69) is 31.0 Å². The average molecular weight is 364 g/mol. The molecule has 2 aliphatic rings. The molecule has 0 unspecified atom stereocenters. The second-order valence-corrected chi connectivity index (χ2v) is 8.15. The second kappa shape index (κ2) is 7.08. The van der Waals surface area contributed by atoms with Crippen LogP contribution in [0.2, 0.25) is 0 Å². The van der Waals surface area contributed by atoms with Crippen molar-refractivity contribution in [1.82, 2.24) is 9.88 Å². The highest BCUT2D eigenvalue weighted by Gasteiger charge is 2.38. The molecule has 2 atom stereocenters. The summed E-state index contributed by atoms with van der Waals surface area (Å²) in [5, 5.41) is 10.4. The Kier molecular flexibility index (Phi) is 4.77. The number of fused-ring (bicyclic) bond motifs is 1. The van der Waals surface area contributed by atoms with Gasteiger partial charge < -0.3 is 10.0 Å². The van der Waals surface area contributed by atoms with E-state index in [-0.39, 0.29) is 11.9 Å². The van der Waals surface area contributed by atoms with Crippen molar-refractivity contribution in [2.45, 2.75) is 71.6 Å². The van der Waals surface area contributed by atoms with Crippen molar-refractivity contribution >= 4 is 5.91 Å². The lowest BCUT2D eigenvalue weighted by atomic mass is 9.91. The Hall–Kier alpha value is -2.20. The van der Waals surface area contributed by atoms with E-state index >= 15 is 0 Å². The molecular weight excluding hydrogens is 336 g/mol. The van der Waals surface area contributed by atoms with Gasteiger partial charge in [-0.15, -0.1) is 0 Å². The van der Waals surface area contributed by atoms with Crippen LogP contribution in [0, 0.1) is 20.8 Å². The smallest absolute Gasteiger partial charge is 0.254 e. The number of pyridine rings is 1. The van der Waals surface area contributed by atoms with Crippen LogP contribution < -0.4 is 0 Å². The summed E-state index contributed by atoms with van der Waals surface area (Å²) in [5.41, 5.74) is 7.80. The van der Waals surface area contributed by atoms with Gasteiger partial charge >= 0.3 is 0 Å². The van der Waals surface area contributed by atoms with Gasteiger partial charge in [-0.25, -0.2) is 0 Å². The Balaban J connectivity index is 1.65. The zero-order valence-electron chi connectivity index (χ0n) is 16.5.